The van der Waals surface area contributed by atoms with E-state index >= 15 is 0 Å². The van der Waals surface area contributed by atoms with Gasteiger partial charge >= 0.3 is 0 Å². The Kier molecular flexibility index (Phi) is 2.86. The highest BCUT2D eigenvalue weighted by Crippen LogP contribution is 2.26. The first-order valence-corrected chi connectivity index (χ1v) is 6.04. The van der Waals surface area contributed by atoms with Crippen molar-refractivity contribution in [3.8, 4) is 0 Å². The van der Waals surface area contributed by atoms with Gasteiger partial charge in [-0.3, -0.25) is 0 Å². The standard InChI is InChI=1S/C14H19N3/c1-7(2)12-14-13(17-11(6)16-12)9(4)8(3)10(5)15-14/h7H,1-6H3. The van der Waals surface area contributed by atoms with Gasteiger partial charge in [0.25, 0.3) is 0 Å². The predicted octanol–water partition coefficient (Wildman–Crippen LogP) is 3.38. The van der Waals surface area contributed by atoms with E-state index in [-0.39, 0.29) is 0 Å². The fourth-order valence-electron chi connectivity index (χ4n) is 2.06. The lowest BCUT2D eigenvalue weighted by Gasteiger charge is -2.13. The Balaban J connectivity index is 2.94. The van der Waals surface area contributed by atoms with Crippen molar-refractivity contribution >= 4 is 11.0 Å². The summed E-state index contributed by atoms with van der Waals surface area (Å²) in [5, 5.41) is 0. The third-order valence-corrected chi connectivity index (χ3v) is 3.31. The Morgan fingerprint density at radius 3 is 2.00 bits per heavy atom. The summed E-state index contributed by atoms with van der Waals surface area (Å²) in [6, 6.07) is 0. The van der Waals surface area contributed by atoms with Crippen molar-refractivity contribution in [1.82, 2.24) is 15.0 Å². The molecule has 0 radical (unpaired) electrons. The van der Waals surface area contributed by atoms with Gasteiger partial charge in [-0.1, -0.05) is 13.8 Å². The van der Waals surface area contributed by atoms with E-state index in [1.54, 1.807) is 0 Å². The number of aromatic nitrogens is 3. The van der Waals surface area contributed by atoms with Crippen LogP contribution < -0.4 is 0 Å². The average Bonchev–Trinajstić information content (AvgIpc) is 2.26. The Hall–Kier alpha value is -1.51. The monoisotopic (exact) mass is 229 g/mol. The van der Waals surface area contributed by atoms with Crippen LogP contribution in [-0.2, 0) is 0 Å². The summed E-state index contributed by atoms with van der Waals surface area (Å²) < 4.78 is 0. The molecule has 2 heterocycles. The largest absolute Gasteiger partial charge is 0.249 e. The zero-order valence-electron chi connectivity index (χ0n) is 11.4. The molecule has 0 saturated carbocycles. The second-order valence-corrected chi connectivity index (χ2v) is 4.96. The smallest absolute Gasteiger partial charge is 0.126 e. The molecule has 0 atom stereocenters. The molecule has 17 heavy (non-hydrogen) atoms. The number of hydrogen-bond donors (Lipinski definition) is 0. The first-order valence-electron chi connectivity index (χ1n) is 6.04. The van der Waals surface area contributed by atoms with E-state index in [0.717, 1.165) is 28.2 Å². The summed E-state index contributed by atoms with van der Waals surface area (Å²) in [4.78, 5) is 13.8. The summed E-state index contributed by atoms with van der Waals surface area (Å²) in [5.41, 5.74) is 6.55. The number of nitrogens with zero attached hydrogens (tertiary/aromatic N) is 3. The molecular formula is C14H19N3. The number of pyridine rings is 1. The summed E-state index contributed by atoms with van der Waals surface area (Å²) in [5.74, 6) is 1.20. The zero-order valence-corrected chi connectivity index (χ0v) is 11.4. The van der Waals surface area contributed by atoms with E-state index in [1.807, 2.05) is 13.8 Å². The molecule has 0 fully saturated rings. The average molecular weight is 229 g/mol. The van der Waals surface area contributed by atoms with Crippen molar-refractivity contribution < 1.29 is 0 Å². The normalized spacial score (nSPS) is 11.5. The minimum atomic E-state index is 0.369. The van der Waals surface area contributed by atoms with Gasteiger partial charge in [0, 0.05) is 5.69 Å². The second kappa shape index (κ2) is 4.06. The first kappa shape index (κ1) is 12.0. The van der Waals surface area contributed by atoms with Gasteiger partial charge < -0.3 is 0 Å². The molecule has 90 valence electrons. The van der Waals surface area contributed by atoms with Crippen LogP contribution in [0.25, 0.3) is 11.0 Å². The van der Waals surface area contributed by atoms with Crippen LogP contribution >= 0.6 is 0 Å². The molecule has 0 unspecified atom stereocenters. The Labute approximate surface area is 102 Å². The lowest BCUT2D eigenvalue weighted by atomic mass is 10.0. The van der Waals surface area contributed by atoms with Gasteiger partial charge in [-0.05, 0) is 44.7 Å². The SMILES string of the molecule is Cc1nc(C(C)C)c2nc(C)c(C)c(C)c2n1. The number of hydrogen-bond acceptors (Lipinski definition) is 3. The molecular weight excluding hydrogens is 210 g/mol. The van der Waals surface area contributed by atoms with Gasteiger partial charge in [0.05, 0.1) is 11.2 Å². The summed E-state index contributed by atoms with van der Waals surface area (Å²) in [6.07, 6.45) is 0. The molecule has 0 saturated heterocycles. The van der Waals surface area contributed by atoms with Gasteiger partial charge in [-0.15, -0.1) is 0 Å². The molecule has 2 aromatic heterocycles. The fraction of sp³-hybridized carbons (Fsp3) is 0.500. The van der Waals surface area contributed by atoms with Crippen LogP contribution in [0.1, 0.15) is 48.1 Å². The molecule has 0 aliphatic carbocycles. The molecule has 2 aromatic rings. The molecule has 2 rings (SSSR count). The highest BCUT2D eigenvalue weighted by atomic mass is 14.9. The van der Waals surface area contributed by atoms with Crippen molar-refractivity contribution in [1.29, 1.82) is 0 Å². The maximum absolute atomic E-state index is 4.67. The second-order valence-electron chi connectivity index (χ2n) is 4.96. The van der Waals surface area contributed by atoms with E-state index in [0.29, 0.717) is 5.92 Å². The maximum atomic E-state index is 4.67. The number of fused-ring (bicyclic) bond motifs is 1. The molecule has 0 spiro atoms. The first-order chi connectivity index (χ1) is 7.91. The van der Waals surface area contributed by atoms with Crippen LogP contribution in [-0.4, -0.2) is 15.0 Å². The number of rotatable bonds is 1. The lowest BCUT2D eigenvalue weighted by Crippen LogP contribution is -2.05. The van der Waals surface area contributed by atoms with Crippen molar-refractivity contribution in [3.63, 3.8) is 0 Å². The lowest BCUT2D eigenvalue weighted by molar-refractivity contribution is 0.811. The zero-order chi connectivity index (χ0) is 12.7. The van der Waals surface area contributed by atoms with Crippen LogP contribution in [0.4, 0.5) is 0 Å². The molecule has 0 aromatic carbocycles. The van der Waals surface area contributed by atoms with E-state index in [9.17, 15) is 0 Å². The minimum absolute atomic E-state index is 0.369. The predicted molar refractivity (Wildman–Crippen MR) is 70.4 cm³/mol. The van der Waals surface area contributed by atoms with Gasteiger partial charge in [0.15, 0.2) is 0 Å². The van der Waals surface area contributed by atoms with Gasteiger partial charge in [-0.25, -0.2) is 15.0 Å². The van der Waals surface area contributed by atoms with Crippen LogP contribution in [0.15, 0.2) is 0 Å². The van der Waals surface area contributed by atoms with E-state index in [4.69, 9.17) is 0 Å². The third-order valence-electron chi connectivity index (χ3n) is 3.31. The number of aryl methyl sites for hydroxylation is 3. The van der Waals surface area contributed by atoms with Crippen molar-refractivity contribution in [2.24, 2.45) is 0 Å². The van der Waals surface area contributed by atoms with Crippen LogP contribution in [0.5, 0.6) is 0 Å². The molecule has 3 nitrogen and oxygen atoms in total. The van der Waals surface area contributed by atoms with Crippen molar-refractivity contribution in [2.45, 2.75) is 47.5 Å². The minimum Gasteiger partial charge on any atom is -0.249 e. The van der Waals surface area contributed by atoms with E-state index in [1.165, 1.54) is 11.1 Å². The molecule has 0 N–H and O–H groups in total. The summed E-state index contributed by atoms with van der Waals surface area (Å²) >= 11 is 0. The Morgan fingerprint density at radius 1 is 0.765 bits per heavy atom. The maximum Gasteiger partial charge on any atom is 0.126 e. The van der Waals surface area contributed by atoms with Gasteiger partial charge in [0.1, 0.15) is 11.3 Å². The highest BCUT2D eigenvalue weighted by Gasteiger charge is 2.14. The molecule has 0 bridgehead atoms. The van der Waals surface area contributed by atoms with Crippen molar-refractivity contribution in [2.75, 3.05) is 0 Å². The van der Waals surface area contributed by atoms with Crippen molar-refractivity contribution in [3.05, 3.63) is 28.3 Å². The quantitative estimate of drug-likeness (QED) is 0.752. The van der Waals surface area contributed by atoms with Crippen LogP contribution in [0, 0.1) is 27.7 Å². The topological polar surface area (TPSA) is 38.7 Å². The summed E-state index contributed by atoms with van der Waals surface area (Å²) in [6.45, 7) is 12.5. The van der Waals surface area contributed by atoms with Gasteiger partial charge in [0.2, 0.25) is 0 Å². The molecule has 3 heteroatoms. The Morgan fingerprint density at radius 2 is 1.41 bits per heavy atom. The van der Waals surface area contributed by atoms with E-state index < -0.39 is 0 Å². The summed E-state index contributed by atoms with van der Waals surface area (Å²) in [7, 11) is 0. The molecule has 0 aliphatic heterocycles. The van der Waals surface area contributed by atoms with Crippen LogP contribution in [0.2, 0.25) is 0 Å². The molecule has 0 aliphatic rings. The third kappa shape index (κ3) is 1.90. The fourth-order valence-corrected chi connectivity index (χ4v) is 2.06. The van der Waals surface area contributed by atoms with Crippen LogP contribution in [0.3, 0.4) is 0 Å². The highest BCUT2D eigenvalue weighted by molar-refractivity contribution is 5.81. The molecule has 0 amide bonds. The van der Waals surface area contributed by atoms with Gasteiger partial charge in [-0.2, -0.15) is 0 Å². The van der Waals surface area contributed by atoms with E-state index in [2.05, 4.69) is 42.6 Å². The Bertz CT molecular complexity index is 586.